The van der Waals surface area contributed by atoms with Crippen LogP contribution in [0.1, 0.15) is 52.0 Å². The van der Waals surface area contributed by atoms with E-state index in [1.54, 1.807) is 0 Å². The summed E-state index contributed by atoms with van der Waals surface area (Å²) in [6.07, 6.45) is 6.05. The maximum atomic E-state index is 6.41. The number of nitrogens with one attached hydrogen (secondary N) is 1. The Morgan fingerprint density at radius 2 is 2.00 bits per heavy atom. The minimum absolute atomic E-state index is 0.323. The molecule has 0 aliphatic heterocycles. The van der Waals surface area contributed by atoms with Crippen LogP contribution in [0.4, 0.5) is 0 Å². The van der Waals surface area contributed by atoms with Crippen molar-refractivity contribution in [2.24, 2.45) is 5.41 Å². The van der Waals surface area contributed by atoms with Crippen molar-refractivity contribution in [1.82, 2.24) is 5.32 Å². The second-order valence-electron chi connectivity index (χ2n) is 5.65. The van der Waals surface area contributed by atoms with E-state index in [0.717, 1.165) is 29.0 Å². The third kappa shape index (κ3) is 5.38. The highest BCUT2D eigenvalue weighted by Gasteiger charge is 2.28. The summed E-state index contributed by atoms with van der Waals surface area (Å²) in [5.74, 6) is 0. The maximum absolute atomic E-state index is 6.41. The van der Waals surface area contributed by atoms with E-state index in [1.165, 1.54) is 31.2 Å². The lowest BCUT2D eigenvalue weighted by Crippen LogP contribution is -2.36. The van der Waals surface area contributed by atoms with E-state index in [2.05, 4.69) is 54.2 Å². The predicted octanol–water partition coefficient (Wildman–Crippen LogP) is 5.84. The van der Waals surface area contributed by atoms with Gasteiger partial charge in [-0.1, -0.05) is 67.2 Å². The van der Waals surface area contributed by atoms with Gasteiger partial charge in [0.05, 0.1) is 0 Å². The lowest BCUT2D eigenvalue weighted by atomic mass is 9.75. The van der Waals surface area contributed by atoms with Gasteiger partial charge in [-0.15, -0.1) is 0 Å². The molecule has 20 heavy (non-hydrogen) atoms. The van der Waals surface area contributed by atoms with E-state index in [4.69, 9.17) is 11.6 Å². The largest absolute Gasteiger partial charge is 0.316 e. The van der Waals surface area contributed by atoms with Crippen LogP contribution in [0, 0.1) is 5.41 Å². The molecule has 114 valence electrons. The summed E-state index contributed by atoms with van der Waals surface area (Å²) in [7, 11) is 0. The zero-order valence-electron chi connectivity index (χ0n) is 12.9. The molecular weight excluding hydrogens is 334 g/mol. The van der Waals surface area contributed by atoms with Gasteiger partial charge in [-0.25, -0.2) is 0 Å². The predicted molar refractivity (Wildman–Crippen MR) is 93.6 cm³/mol. The monoisotopic (exact) mass is 359 g/mol. The van der Waals surface area contributed by atoms with Crippen LogP contribution in [0.25, 0.3) is 0 Å². The molecule has 1 N–H and O–H groups in total. The van der Waals surface area contributed by atoms with Gasteiger partial charge in [0.25, 0.3) is 0 Å². The zero-order chi connectivity index (χ0) is 15.0. The summed E-state index contributed by atoms with van der Waals surface area (Å²) >= 11 is 9.89. The molecule has 1 rings (SSSR count). The molecule has 0 fully saturated rings. The summed E-state index contributed by atoms with van der Waals surface area (Å²) in [5, 5.41) is 4.43. The van der Waals surface area contributed by atoms with Crippen molar-refractivity contribution in [3.8, 4) is 0 Å². The lowest BCUT2D eigenvalue weighted by molar-refractivity contribution is 0.231. The number of halogens is 2. The van der Waals surface area contributed by atoms with Gasteiger partial charge in [-0.3, -0.25) is 0 Å². The van der Waals surface area contributed by atoms with Crippen LogP contribution >= 0.6 is 27.5 Å². The van der Waals surface area contributed by atoms with Crippen molar-refractivity contribution in [1.29, 1.82) is 0 Å². The number of hydrogen-bond acceptors (Lipinski definition) is 1. The summed E-state index contributed by atoms with van der Waals surface area (Å²) < 4.78 is 1.05. The number of benzene rings is 1. The average molecular weight is 361 g/mol. The highest BCUT2D eigenvalue weighted by Crippen LogP contribution is 2.35. The van der Waals surface area contributed by atoms with Crippen LogP contribution < -0.4 is 5.32 Å². The Balaban J connectivity index is 2.90. The second-order valence-corrected chi connectivity index (χ2v) is 6.97. The highest BCUT2D eigenvalue weighted by molar-refractivity contribution is 9.10. The number of rotatable bonds is 9. The van der Waals surface area contributed by atoms with Crippen molar-refractivity contribution in [2.45, 2.75) is 52.9 Å². The van der Waals surface area contributed by atoms with E-state index >= 15 is 0 Å². The normalized spacial score (nSPS) is 14.2. The van der Waals surface area contributed by atoms with Crippen LogP contribution in [0.5, 0.6) is 0 Å². The molecular formula is C17H27BrClN. The van der Waals surface area contributed by atoms with Crippen molar-refractivity contribution in [3.05, 3.63) is 33.3 Å². The van der Waals surface area contributed by atoms with Gasteiger partial charge >= 0.3 is 0 Å². The quantitative estimate of drug-likeness (QED) is 0.583. The van der Waals surface area contributed by atoms with E-state index in [9.17, 15) is 0 Å². The Morgan fingerprint density at radius 3 is 2.55 bits per heavy atom. The summed E-state index contributed by atoms with van der Waals surface area (Å²) in [5.41, 5.74) is 1.59. The molecule has 0 aliphatic carbocycles. The molecule has 1 atom stereocenters. The van der Waals surface area contributed by atoms with Crippen molar-refractivity contribution >= 4 is 27.5 Å². The Labute approximate surface area is 137 Å². The van der Waals surface area contributed by atoms with Gasteiger partial charge in [-0.05, 0) is 48.9 Å². The van der Waals surface area contributed by atoms with E-state index in [-0.39, 0.29) is 0 Å². The van der Waals surface area contributed by atoms with Gasteiger partial charge in [0.15, 0.2) is 0 Å². The lowest BCUT2D eigenvalue weighted by Gasteiger charge is -2.34. The molecule has 0 amide bonds. The average Bonchev–Trinajstić information content (AvgIpc) is 2.45. The molecule has 0 bridgehead atoms. The van der Waals surface area contributed by atoms with Gasteiger partial charge in [-0.2, -0.15) is 0 Å². The van der Waals surface area contributed by atoms with Crippen molar-refractivity contribution in [3.63, 3.8) is 0 Å². The molecule has 0 heterocycles. The van der Waals surface area contributed by atoms with Crippen molar-refractivity contribution in [2.75, 3.05) is 13.1 Å². The molecule has 1 unspecified atom stereocenters. The van der Waals surface area contributed by atoms with E-state index in [1.807, 2.05) is 6.07 Å². The molecule has 1 nitrogen and oxygen atoms in total. The SMILES string of the molecule is CCCCC(CC)(CNCC)Cc1ccc(Br)cc1Cl. The molecule has 0 radical (unpaired) electrons. The Kier molecular flexibility index (Phi) is 8.16. The first kappa shape index (κ1) is 18.0. The first-order valence-electron chi connectivity index (χ1n) is 7.71. The summed E-state index contributed by atoms with van der Waals surface area (Å²) in [6.45, 7) is 8.85. The fraction of sp³-hybridized carbons (Fsp3) is 0.647. The van der Waals surface area contributed by atoms with E-state index < -0.39 is 0 Å². The molecule has 3 heteroatoms. The topological polar surface area (TPSA) is 12.0 Å². The molecule has 1 aromatic carbocycles. The second kappa shape index (κ2) is 9.07. The van der Waals surface area contributed by atoms with Gasteiger partial charge in [0, 0.05) is 16.0 Å². The molecule has 1 aromatic rings. The van der Waals surface area contributed by atoms with E-state index in [0.29, 0.717) is 5.41 Å². The molecule has 0 spiro atoms. The summed E-state index contributed by atoms with van der Waals surface area (Å²) in [4.78, 5) is 0. The Bertz CT molecular complexity index is 398. The molecule has 0 aromatic heterocycles. The molecule has 0 saturated heterocycles. The van der Waals surface area contributed by atoms with Crippen LogP contribution in [0.15, 0.2) is 22.7 Å². The fourth-order valence-electron chi connectivity index (χ4n) is 2.68. The van der Waals surface area contributed by atoms with Crippen LogP contribution in [0.2, 0.25) is 5.02 Å². The first-order valence-corrected chi connectivity index (χ1v) is 8.88. The third-order valence-corrected chi connectivity index (χ3v) is 4.99. The van der Waals surface area contributed by atoms with Crippen molar-refractivity contribution < 1.29 is 0 Å². The smallest absolute Gasteiger partial charge is 0.0449 e. The maximum Gasteiger partial charge on any atom is 0.0449 e. The fourth-order valence-corrected chi connectivity index (χ4v) is 3.42. The Hall–Kier alpha value is -0.0500. The zero-order valence-corrected chi connectivity index (χ0v) is 15.3. The van der Waals surface area contributed by atoms with Gasteiger partial charge in [0.1, 0.15) is 0 Å². The Morgan fingerprint density at radius 1 is 1.25 bits per heavy atom. The number of unbranched alkanes of at least 4 members (excludes halogenated alkanes) is 1. The van der Waals surface area contributed by atoms with Crippen LogP contribution in [-0.4, -0.2) is 13.1 Å². The van der Waals surface area contributed by atoms with Gasteiger partial charge < -0.3 is 5.32 Å². The molecule has 0 saturated carbocycles. The first-order chi connectivity index (χ1) is 9.56. The highest BCUT2D eigenvalue weighted by atomic mass is 79.9. The minimum atomic E-state index is 0.323. The molecule has 0 aliphatic rings. The van der Waals surface area contributed by atoms with Gasteiger partial charge in [0.2, 0.25) is 0 Å². The van der Waals surface area contributed by atoms with Crippen LogP contribution in [0.3, 0.4) is 0 Å². The van der Waals surface area contributed by atoms with Crippen LogP contribution in [-0.2, 0) is 6.42 Å². The third-order valence-electron chi connectivity index (χ3n) is 4.14. The summed E-state index contributed by atoms with van der Waals surface area (Å²) in [6, 6.07) is 6.26. The standard InChI is InChI=1S/C17H27BrClN/c1-4-7-10-17(5-2,13-20-6-3)12-14-8-9-15(18)11-16(14)19/h8-9,11,20H,4-7,10,12-13H2,1-3H3. The minimum Gasteiger partial charge on any atom is -0.316 e. The number of hydrogen-bond donors (Lipinski definition) is 1.